The first-order chi connectivity index (χ1) is 6.70. The highest BCUT2D eigenvalue weighted by molar-refractivity contribution is 9.10. The molecule has 0 saturated heterocycles. The van der Waals surface area contributed by atoms with E-state index in [4.69, 9.17) is 0 Å². The zero-order valence-corrected chi connectivity index (χ0v) is 9.97. The number of nitrogens with one attached hydrogen (secondary N) is 1. The van der Waals surface area contributed by atoms with Gasteiger partial charge in [-0.15, -0.1) is 0 Å². The van der Waals surface area contributed by atoms with Crippen LogP contribution in [-0.2, 0) is 0 Å². The summed E-state index contributed by atoms with van der Waals surface area (Å²) in [6.45, 7) is 3.37. The van der Waals surface area contributed by atoms with Crippen molar-refractivity contribution in [2.45, 2.75) is 26.2 Å². The van der Waals surface area contributed by atoms with Gasteiger partial charge >= 0.3 is 0 Å². The van der Waals surface area contributed by atoms with Crippen molar-refractivity contribution in [2.75, 3.05) is 11.9 Å². The van der Waals surface area contributed by atoms with Crippen molar-refractivity contribution in [1.29, 1.82) is 0 Å². The molecule has 1 N–H and O–H groups in total. The molecule has 76 valence electrons. The number of aromatic nitrogens is 1. The molecule has 1 aromatic rings. The van der Waals surface area contributed by atoms with Crippen LogP contribution in [-0.4, -0.2) is 11.5 Å². The van der Waals surface area contributed by atoms with Crippen LogP contribution in [0.25, 0.3) is 0 Å². The summed E-state index contributed by atoms with van der Waals surface area (Å²) in [5.41, 5.74) is 0.619. The van der Waals surface area contributed by atoms with Crippen molar-refractivity contribution in [3.05, 3.63) is 22.8 Å². The lowest BCUT2D eigenvalue weighted by Gasteiger charge is -2.10. The fourth-order valence-corrected chi connectivity index (χ4v) is 1.86. The number of pyridine rings is 1. The second kappa shape index (κ2) is 3.89. The van der Waals surface area contributed by atoms with E-state index in [1.807, 2.05) is 18.3 Å². The zero-order chi connectivity index (χ0) is 10.0. The standard InChI is InChI=1S/C11H15BrN2/c1-11(4-5-11)6-8-14-10-9(12)3-2-7-13-10/h2-3,7H,4-6,8H2,1H3,(H,13,14). The predicted octanol–water partition coefficient (Wildman–Crippen LogP) is 3.45. The highest BCUT2D eigenvalue weighted by atomic mass is 79.9. The third-order valence-corrected chi connectivity index (χ3v) is 3.52. The zero-order valence-electron chi connectivity index (χ0n) is 8.39. The van der Waals surface area contributed by atoms with Crippen LogP contribution in [0.3, 0.4) is 0 Å². The van der Waals surface area contributed by atoms with Crippen molar-refractivity contribution >= 4 is 21.7 Å². The Hall–Kier alpha value is -0.570. The summed E-state index contributed by atoms with van der Waals surface area (Å²) in [7, 11) is 0. The van der Waals surface area contributed by atoms with Crippen LogP contribution in [0.4, 0.5) is 5.82 Å². The molecule has 0 aromatic carbocycles. The summed E-state index contributed by atoms with van der Waals surface area (Å²) >= 11 is 3.47. The summed E-state index contributed by atoms with van der Waals surface area (Å²) in [4.78, 5) is 4.26. The molecular formula is C11H15BrN2. The third-order valence-electron chi connectivity index (χ3n) is 2.88. The SMILES string of the molecule is CC1(CCNc2ncccc2Br)CC1. The average Bonchev–Trinajstić information content (AvgIpc) is 2.88. The van der Waals surface area contributed by atoms with Crippen LogP contribution in [0.15, 0.2) is 22.8 Å². The molecule has 1 aliphatic rings. The Bertz CT molecular complexity index is 321. The molecule has 0 amide bonds. The summed E-state index contributed by atoms with van der Waals surface area (Å²) in [6, 6.07) is 3.94. The van der Waals surface area contributed by atoms with Gasteiger partial charge in [-0.1, -0.05) is 6.92 Å². The minimum absolute atomic E-state index is 0.619. The highest BCUT2D eigenvalue weighted by Gasteiger charge is 2.36. The summed E-state index contributed by atoms with van der Waals surface area (Å²) in [5.74, 6) is 0.955. The Morgan fingerprint density at radius 3 is 3.00 bits per heavy atom. The second-order valence-corrected chi connectivity index (χ2v) is 5.18. The van der Waals surface area contributed by atoms with E-state index in [2.05, 4.69) is 33.2 Å². The number of hydrogen-bond acceptors (Lipinski definition) is 2. The Morgan fingerprint density at radius 2 is 2.36 bits per heavy atom. The molecule has 2 nitrogen and oxygen atoms in total. The fourth-order valence-electron chi connectivity index (χ4n) is 1.46. The lowest BCUT2D eigenvalue weighted by molar-refractivity contribution is 0.536. The molecule has 1 saturated carbocycles. The number of nitrogens with zero attached hydrogens (tertiary/aromatic N) is 1. The van der Waals surface area contributed by atoms with Gasteiger partial charge in [0.1, 0.15) is 5.82 Å². The second-order valence-electron chi connectivity index (χ2n) is 4.32. The number of anilines is 1. The van der Waals surface area contributed by atoms with Crippen LogP contribution in [0.1, 0.15) is 26.2 Å². The number of rotatable bonds is 4. The van der Waals surface area contributed by atoms with E-state index >= 15 is 0 Å². The van der Waals surface area contributed by atoms with Crippen LogP contribution in [0, 0.1) is 5.41 Å². The van der Waals surface area contributed by atoms with Gasteiger partial charge in [0.25, 0.3) is 0 Å². The summed E-state index contributed by atoms with van der Waals surface area (Å²) in [5, 5.41) is 3.35. The largest absolute Gasteiger partial charge is 0.369 e. The smallest absolute Gasteiger partial charge is 0.140 e. The third kappa shape index (κ3) is 2.47. The molecule has 1 fully saturated rings. The van der Waals surface area contributed by atoms with E-state index in [1.165, 1.54) is 19.3 Å². The maximum Gasteiger partial charge on any atom is 0.140 e. The van der Waals surface area contributed by atoms with Gasteiger partial charge in [-0.05, 0) is 52.7 Å². The van der Waals surface area contributed by atoms with Gasteiger partial charge in [0.05, 0.1) is 4.47 Å². The maximum absolute atomic E-state index is 4.26. The van der Waals surface area contributed by atoms with E-state index in [-0.39, 0.29) is 0 Å². The van der Waals surface area contributed by atoms with Crippen LogP contribution < -0.4 is 5.32 Å². The van der Waals surface area contributed by atoms with Crippen LogP contribution in [0.5, 0.6) is 0 Å². The molecule has 1 aromatic heterocycles. The number of hydrogen-bond donors (Lipinski definition) is 1. The van der Waals surface area contributed by atoms with Crippen molar-refractivity contribution in [2.24, 2.45) is 5.41 Å². The Morgan fingerprint density at radius 1 is 1.57 bits per heavy atom. The monoisotopic (exact) mass is 254 g/mol. The molecule has 14 heavy (non-hydrogen) atoms. The lowest BCUT2D eigenvalue weighted by atomic mass is 10.1. The van der Waals surface area contributed by atoms with E-state index in [0.29, 0.717) is 5.41 Å². The molecule has 0 aliphatic heterocycles. The molecule has 1 aliphatic carbocycles. The molecule has 0 radical (unpaired) electrons. The van der Waals surface area contributed by atoms with E-state index in [0.717, 1.165) is 16.8 Å². The van der Waals surface area contributed by atoms with E-state index in [1.54, 1.807) is 0 Å². The van der Waals surface area contributed by atoms with E-state index < -0.39 is 0 Å². The highest BCUT2D eigenvalue weighted by Crippen LogP contribution is 2.47. The van der Waals surface area contributed by atoms with Gasteiger partial charge in [-0.25, -0.2) is 4.98 Å². The minimum atomic E-state index is 0.619. The first-order valence-corrected chi connectivity index (χ1v) is 5.83. The molecule has 1 heterocycles. The molecule has 0 spiro atoms. The Kier molecular flexibility index (Phi) is 2.77. The Balaban J connectivity index is 1.83. The van der Waals surface area contributed by atoms with Crippen molar-refractivity contribution in [3.8, 4) is 0 Å². The minimum Gasteiger partial charge on any atom is -0.369 e. The summed E-state index contributed by atoms with van der Waals surface area (Å²) < 4.78 is 1.04. The normalized spacial score (nSPS) is 17.9. The van der Waals surface area contributed by atoms with Crippen LogP contribution in [0.2, 0.25) is 0 Å². The van der Waals surface area contributed by atoms with Gasteiger partial charge in [0.2, 0.25) is 0 Å². The predicted molar refractivity (Wildman–Crippen MR) is 62.4 cm³/mol. The molecule has 2 rings (SSSR count). The van der Waals surface area contributed by atoms with Gasteiger partial charge in [-0.3, -0.25) is 0 Å². The molecule has 0 bridgehead atoms. The summed E-state index contributed by atoms with van der Waals surface area (Å²) in [6.07, 6.45) is 5.83. The first kappa shape index (κ1) is 9.97. The molecule has 0 atom stereocenters. The van der Waals surface area contributed by atoms with Crippen molar-refractivity contribution < 1.29 is 0 Å². The average molecular weight is 255 g/mol. The van der Waals surface area contributed by atoms with E-state index in [9.17, 15) is 0 Å². The van der Waals surface area contributed by atoms with Gasteiger partial charge < -0.3 is 5.32 Å². The maximum atomic E-state index is 4.26. The number of halogens is 1. The Labute approximate surface area is 93.3 Å². The molecular weight excluding hydrogens is 240 g/mol. The molecule has 0 unspecified atom stereocenters. The molecule has 3 heteroatoms. The van der Waals surface area contributed by atoms with Crippen molar-refractivity contribution in [3.63, 3.8) is 0 Å². The van der Waals surface area contributed by atoms with Crippen molar-refractivity contribution in [1.82, 2.24) is 4.98 Å². The first-order valence-electron chi connectivity index (χ1n) is 5.04. The lowest BCUT2D eigenvalue weighted by Crippen LogP contribution is -2.08. The van der Waals surface area contributed by atoms with Crippen LogP contribution >= 0.6 is 15.9 Å². The van der Waals surface area contributed by atoms with Gasteiger partial charge in [0.15, 0.2) is 0 Å². The topological polar surface area (TPSA) is 24.9 Å². The quantitative estimate of drug-likeness (QED) is 0.891. The van der Waals surface area contributed by atoms with Gasteiger partial charge in [-0.2, -0.15) is 0 Å². The van der Waals surface area contributed by atoms with Gasteiger partial charge in [0, 0.05) is 12.7 Å². The fraction of sp³-hybridized carbons (Fsp3) is 0.545.